The van der Waals surface area contributed by atoms with Crippen molar-refractivity contribution >= 4 is 0 Å². The molecule has 140 valence electrons. The first-order chi connectivity index (χ1) is 13.3. The summed E-state index contributed by atoms with van der Waals surface area (Å²) < 4.78 is 0. The molecule has 0 bridgehead atoms. The maximum Gasteiger partial charge on any atom is 0.0695 e. The van der Waals surface area contributed by atoms with Crippen molar-refractivity contribution in [2.45, 2.75) is 25.4 Å². The molecule has 3 aromatic rings. The molecule has 0 radical (unpaired) electrons. The molecule has 1 saturated heterocycles. The Labute approximate surface area is 161 Å². The lowest BCUT2D eigenvalue weighted by atomic mass is 10.0. The van der Waals surface area contributed by atoms with Gasteiger partial charge >= 0.3 is 0 Å². The van der Waals surface area contributed by atoms with Crippen LogP contribution in [0.25, 0.3) is 11.3 Å². The fourth-order valence-corrected chi connectivity index (χ4v) is 4.05. The van der Waals surface area contributed by atoms with Crippen molar-refractivity contribution in [2.75, 3.05) is 26.7 Å². The predicted octanol–water partition coefficient (Wildman–Crippen LogP) is 4.35. The Morgan fingerprint density at radius 3 is 2.37 bits per heavy atom. The van der Waals surface area contributed by atoms with Crippen molar-refractivity contribution in [1.82, 2.24) is 20.0 Å². The molecule has 27 heavy (non-hydrogen) atoms. The minimum absolute atomic E-state index is 0.378. The van der Waals surface area contributed by atoms with Gasteiger partial charge in [-0.05, 0) is 44.1 Å². The lowest BCUT2D eigenvalue weighted by Crippen LogP contribution is -2.34. The van der Waals surface area contributed by atoms with Gasteiger partial charge in [0.05, 0.1) is 11.9 Å². The van der Waals surface area contributed by atoms with Crippen LogP contribution in [0.4, 0.5) is 0 Å². The highest BCUT2D eigenvalue weighted by Crippen LogP contribution is 2.27. The summed E-state index contributed by atoms with van der Waals surface area (Å²) in [5.74, 6) is 0. The molecule has 4 rings (SSSR count). The van der Waals surface area contributed by atoms with E-state index in [1.165, 1.54) is 42.6 Å². The van der Waals surface area contributed by atoms with E-state index in [4.69, 9.17) is 0 Å². The molecule has 1 aromatic heterocycles. The monoisotopic (exact) mass is 360 g/mol. The van der Waals surface area contributed by atoms with E-state index >= 15 is 0 Å². The number of nitrogens with zero attached hydrogens (tertiary/aromatic N) is 3. The van der Waals surface area contributed by atoms with Gasteiger partial charge in [0, 0.05) is 24.7 Å². The van der Waals surface area contributed by atoms with Gasteiger partial charge in [-0.1, -0.05) is 60.7 Å². The summed E-state index contributed by atoms with van der Waals surface area (Å²) in [6, 6.07) is 21.7. The molecule has 4 nitrogen and oxygen atoms in total. The molecule has 1 aliphatic rings. The van der Waals surface area contributed by atoms with Crippen molar-refractivity contribution in [3.63, 3.8) is 0 Å². The maximum atomic E-state index is 4.32. The first kappa shape index (κ1) is 18.0. The predicted molar refractivity (Wildman–Crippen MR) is 110 cm³/mol. The standard InChI is InChI=1S/C23H28N4/c1-26(17-21-16-24-25-23(21)20-12-6-3-7-13-20)22(18-27-14-8-9-15-27)19-10-4-2-5-11-19/h2-7,10-13,16,22H,8-9,14-15,17-18H2,1H3,(H,24,25)/t22-/m0/s1. The van der Waals surface area contributed by atoms with Gasteiger partial charge in [0.1, 0.15) is 0 Å². The first-order valence-electron chi connectivity index (χ1n) is 9.86. The second-order valence-electron chi connectivity index (χ2n) is 7.49. The van der Waals surface area contributed by atoms with E-state index in [2.05, 4.69) is 81.6 Å². The summed E-state index contributed by atoms with van der Waals surface area (Å²) in [6.45, 7) is 4.39. The van der Waals surface area contributed by atoms with Crippen LogP contribution in [0, 0.1) is 0 Å². The van der Waals surface area contributed by atoms with Crippen molar-refractivity contribution in [2.24, 2.45) is 0 Å². The van der Waals surface area contributed by atoms with Gasteiger partial charge in [-0.2, -0.15) is 5.10 Å². The Kier molecular flexibility index (Phi) is 5.66. The van der Waals surface area contributed by atoms with Crippen LogP contribution in [0.1, 0.15) is 30.0 Å². The van der Waals surface area contributed by atoms with E-state index in [0.29, 0.717) is 6.04 Å². The summed E-state index contributed by atoms with van der Waals surface area (Å²) in [7, 11) is 2.23. The molecule has 2 heterocycles. The summed E-state index contributed by atoms with van der Waals surface area (Å²) >= 11 is 0. The quantitative estimate of drug-likeness (QED) is 0.680. The highest BCUT2D eigenvalue weighted by atomic mass is 15.2. The van der Waals surface area contributed by atoms with E-state index in [0.717, 1.165) is 18.8 Å². The van der Waals surface area contributed by atoms with E-state index in [1.807, 2.05) is 12.3 Å². The number of benzene rings is 2. The van der Waals surface area contributed by atoms with Gasteiger partial charge in [-0.3, -0.25) is 10.00 Å². The van der Waals surface area contributed by atoms with E-state index in [9.17, 15) is 0 Å². The number of aromatic amines is 1. The molecule has 0 saturated carbocycles. The second kappa shape index (κ2) is 8.51. The van der Waals surface area contributed by atoms with Gasteiger partial charge in [-0.15, -0.1) is 0 Å². The number of likely N-dealkylation sites (N-methyl/N-ethyl adjacent to an activating group) is 1. The van der Waals surface area contributed by atoms with E-state index in [-0.39, 0.29) is 0 Å². The Hall–Kier alpha value is -2.43. The van der Waals surface area contributed by atoms with Gasteiger partial charge in [0.15, 0.2) is 0 Å². The summed E-state index contributed by atoms with van der Waals surface area (Å²) in [5.41, 5.74) is 4.94. The molecule has 0 amide bonds. The maximum absolute atomic E-state index is 4.32. The molecule has 1 N–H and O–H groups in total. The highest BCUT2D eigenvalue weighted by Gasteiger charge is 2.23. The molecular weight excluding hydrogens is 332 g/mol. The number of aromatic nitrogens is 2. The smallest absolute Gasteiger partial charge is 0.0695 e. The van der Waals surface area contributed by atoms with Crippen molar-refractivity contribution in [3.05, 3.63) is 78.0 Å². The number of hydrogen-bond acceptors (Lipinski definition) is 3. The third-order valence-corrected chi connectivity index (χ3v) is 5.55. The zero-order valence-electron chi connectivity index (χ0n) is 16.0. The van der Waals surface area contributed by atoms with Crippen molar-refractivity contribution < 1.29 is 0 Å². The van der Waals surface area contributed by atoms with Crippen LogP contribution in [0.15, 0.2) is 66.9 Å². The number of hydrogen-bond donors (Lipinski definition) is 1. The average Bonchev–Trinajstić information content (AvgIpc) is 3.39. The number of likely N-dealkylation sites (tertiary alicyclic amines) is 1. The van der Waals surface area contributed by atoms with Gasteiger partial charge < -0.3 is 4.90 Å². The SMILES string of the molecule is CN(Cc1cn[nH]c1-c1ccccc1)[C@@H](CN1CCCC1)c1ccccc1. The van der Waals surface area contributed by atoms with Gasteiger partial charge in [0.25, 0.3) is 0 Å². The van der Waals surface area contributed by atoms with Crippen LogP contribution in [-0.4, -0.2) is 46.7 Å². The largest absolute Gasteiger partial charge is 0.301 e. The highest BCUT2D eigenvalue weighted by molar-refractivity contribution is 5.62. The molecule has 1 aliphatic heterocycles. The molecule has 0 unspecified atom stereocenters. The van der Waals surface area contributed by atoms with Crippen LogP contribution < -0.4 is 0 Å². The van der Waals surface area contributed by atoms with Crippen molar-refractivity contribution in [1.29, 1.82) is 0 Å². The second-order valence-corrected chi connectivity index (χ2v) is 7.49. The topological polar surface area (TPSA) is 35.2 Å². The fraction of sp³-hybridized carbons (Fsp3) is 0.348. The van der Waals surface area contributed by atoms with Crippen LogP contribution in [0.5, 0.6) is 0 Å². The lowest BCUT2D eigenvalue weighted by Gasteiger charge is -2.32. The van der Waals surface area contributed by atoms with E-state index < -0.39 is 0 Å². The van der Waals surface area contributed by atoms with Crippen LogP contribution in [0.2, 0.25) is 0 Å². The van der Waals surface area contributed by atoms with Crippen LogP contribution in [-0.2, 0) is 6.54 Å². The zero-order chi connectivity index (χ0) is 18.5. The molecule has 4 heteroatoms. The third kappa shape index (κ3) is 4.29. The number of H-pyrrole nitrogens is 1. The lowest BCUT2D eigenvalue weighted by molar-refractivity contribution is 0.175. The zero-order valence-corrected chi connectivity index (χ0v) is 16.0. The molecule has 2 aromatic carbocycles. The van der Waals surface area contributed by atoms with Crippen molar-refractivity contribution in [3.8, 4) is 11.3 Å². The number of nitrogens with one attached hydrogen (secondary N) is 1. The van der Waals surface area contributed by atoms with Crippen LogP contribution >= 0.6 is 0 Å². The Bertz CT molecular complexity index is 822. The molecule has 1 fully saturated rings. The Morgan fingerprint density at radius 2 is 1.67 bits per heavy atom. The van der Waals surface area contributed by atoms with Crippen LogP contribution in [0.3, 0.4) is 0 Å². The first-order valence-corrected chi connectivity index (χ1v) is 9.86. The Balaban J connectivity index is 1.55. The summed E-state index contributed by atoms with van der Waals surface area (Å²) in [4.78, 5) is 5.06. The van der Waals surface area contributed by atoms with E-state index in [1.54, 1.807) is 0 Å². The molecule has 0 spiro atoms. The Morgan fingerprint density at radius 1 is 1.00 bits per heavy atom. The minimum atomic E-state index is 0.378. The summed E-state index contributed by atoms with van der Waals surface area (Å²) in [6.07, 6.45) is 4.62. The molecule has 1 atom stereocenters. The van der Waals surface area contributed by atoms with Gasteiger partial charge in [0.2, 0.25) is 0 Å². The molecular formula is C23H28N4. The molecule has 0 aliphatic carbocycles. The normalized spacial score (nSPS) is 16.1. The third-order valence-electron chi connectivity index (χ3n) is 5.55. The van der Waals surface area contributed by atoms with Gasteiger partial charge in [-0.25, -0.2) is 0 Å². The fourth-order valence-electron chi connectivity index (χ4n) is 4.05. The minimum Gasteiger partial charge on any atom is -0.301 e. The average molecular weight is 361 g/mol. The number of rotatable bonds is 7. The summed E-state index contributed by atoms with van der Waals surface area (Å²) in [5, 5.41) is 7.52.